The first-order valence-corrected chi connectivity index (χ1v) is 6.60. The fourth-order valence-corrected chi connectivity index (χ4v) is 2.17. The van der Waals surface area contributed by atoms with E-state index in [0.717, 1.165) is 0 Å². The molecule has 0 amide bonds. The zero-order chi connectivity index (χ0) is 16.2. The van der Waals surface area contributed by atoms with Crippen molar-refractivity contribution in [2.24, 2.45) is 5.92 Å². The molecule has 0 aromatic heterocycles. The molecule has 120 valence electrons. The first kappa shape index (κ1) is 17.8. The zero-order valence-corrected chi connectivity index (χ0v) is 12.1. The van der Waals surface area contributed by atoms with Gasteiger partial charge in [0.2, 0.25) is 5.82 Å². The summed E-state index contributed by atoms with van der Waals surface area (Å²) in [5, 5.41) is 2.77. The van der Waals surface area contributed by atoms with Crippen molar-refractivity contribution in [3.8, 4) is 0 Å². The van der Waals surface area contributed by atoms with Gasteiger partial charge in [-0.2, -0.15) is 0 Å². The molecule has 1 N–H and O–H groups in total. The molecule has 0 spiro atoms. The highest BCUT2D eigenvalue weighted by atomic mass is 19.2. The predicted octanol–water partition coefficient (Wildman–Crippen LogP) is 3.71. The highest BCUT2D eigenvalue weighted by molar-refractivity contribution is 5.27. The number of rotatable bonds is 7. The highest BCUT2D eigenvalue weighted by Crippen LogP contribution is 2.32. The molecule has 1 aromatic rings. The zero-order valence-electron chi connectivity index (χ0n) is 12.1. The second-order valence-electron chi connectivity index (χ2n) is 4.78. The molecule has 2 atom stereocenters. The van der Waals surface area contributed by atoms with Crippen molar-refractivity contribution >= 4 is 0 Å². The number of methoxy groups -OCH3 is 1. The molecule has 21 heavy (non-hydrogen) atoms. The van der Waals surface area contributed by atoms with Crippen molar-refractivity contribution < 1.29 is 26.7 Å². The van der Waals surface area contributed by atoms with Crippen LogP contribution >= 0.6 is 0 Å². The molecule has 0 radical (unpaired) electrons. The summed E-state index contributed by atoms with van der Waals surface area (Å²) in [5.74, 6) is -9.95. The molecule has 2 unspecified atom stereocenters. The van der Waals surface area contributed by atoms with Crippen molar-refractivity contribution in [2.45, 2.75) is 26.3 Å². The quantitative estimate of drug-likeness (QED) is 0.471. The van der Waals surface area contributed by atoms with Gasteiger partial charge >= 0.3 is 0 Å². The van der Waals surface area contributed by atoms with Gasteiger partial charge < -0.3 is 10.1 Å². The van der Waals surface area contributed by atoms with Crippen LogP contribution in [0.25, 0.3) is 0 Å². The van der Waals surface area contributed by atoms with Crippen LogP contribution in [0.15, 0.2) is 0 Å². The summed E-state index contributed by atoms with van der Waals surface area (Å²) < 4.78 is 72.3. The molecule has 7 heteroatoms. The van der Waals surface area contributed by atoms with E-state index in [1.807, 2.05) is 0 Å². The highest BCUT2D eigenvalue weighted by Gasteiger charge is 2.32. The monoisotopic (exact) mass is 311 g/mol. The van der Waals surface area contributed by atoms with Crippen molar-refractivity contribution in [1.29, 1.82) is 0 Å². The number of hydrogen-bond acceptors (Lipinski definition) is 2. The standard InChI is InChI=1S/C14H18F5NO/c1-4-20-14(7(2)5-6-21-3)8-9(15)11(17)13(19)12(18)10(8)16/h7,14,20H,4-6H2,1-3H3. The van der Waals surface area contributed by atoms with Gasteiger partial charge in [0.15, 0.2) is 23.3 Å². The Kier molecular flexibility index (Phi) is 6.54. The van der Waals surface area contributed by atoms with Crippen LogP contribution in [-0.2, 0) is 4.74 Å². The Balaban J connectivity index is 3.31. The van der Waals surface area contributed by atoms with Crippen molar-refractivity contribution in [3.05, 3.63) is 34.6 Å². The Morgan fingerprint density at radius 3 is 1.86 bits per heavy atom. The van der Waals surface area contributed by atoms with E-state index in [1.165, 1.54) is 7.11 Å². The minimum absolute atomic E-state index is 0.318. The molecule has 0 saturated heterocycles. The van der Waals surface area contributed by atoms with E-state index in [1.54, 1.807) is 13.8 Å². The summed E-state index contributed by atoms with van der Waals surface area (Å²) in [6, 6.07) is -0.991. The average molecular weight is 311 g/mol. The molecule has 0 heterocycles. The van der Waals surface area contributed by atoms with E-state index in [-0.39, 0.29) is 5.92 Å². The van der Waals surface area contributed by atoms with Gasteiger partial charge in [0, 0.05) is 25.3 Å². The van der Waals surface area contributed by atoms with E-state index in [0.29, 0.717) is 19.6 Å². The van der Waals surface area contributed by atoms with Crippen LogP contribution in [0.5, 0.6) is 0 Å². The average Bonchev–Trinajstić information content (AvgIpc) is 2.47. The molecule has 0 bridgehead atoms. The summed E-state index contributed by atoms with van der Waals surface area (Å²) in [4.78, 5) is 0. The molecule has 0 fully saturated rings. The smallest absolute Gasteiger partial charge is 0.200 e. The van der Waals surface area contributed by atoms with Crippen LogP contribution in [0.3, 0.4) is 0 Å². The Hall–Kier alpha value is -1.21. The fourth-order valence-electron chi connectivity index (χ4n) is 2.17. The molecule has 0 saturated carbocycles. The third-order valence-corrected chi connectivity index (χ3v) is 3.33. The minimum atomic E-state index is -2.14. The normalized spacial score (nSPS) is 14.3. The third kappa shape index (κ3) is 3.71. The van der Waals surface area contributed by atoms with Gasteiger partial charge in [-0.1, -0.05) is 13.8 Å². The molecular weight excluding hydrogens is 293 g/mol. The largest absolute Gasteiger partial charge is 0.385 e. The maximum Gasteiger partial charge on any atom is 0.200 e. The maximum atomic E-state index is 13.9. The SMILES string of the molecule is CCNC(c1c(F)c(F)c(F)c(F)c1F)C(C)CCOC. The van der Waals surface area contributed by atoms with E-state index in [2.05, 4.69) is 5.32 Å². The van der Waals surface area contributed by atoms with Crippen LogP contribution < -0.4 is 5.32 Å². The third-order valence-electron chi connectivity index (χ3n) is 3.33. The number of ether oxygens (including phenoxy) is 1. The molecule has 1 rings (SSSR count). The predicted molar refractivity (Wildman–Crippen MR) is 68.3 cm³/mol. The van der Waals surface area contributed by atoms with Gasteiger partial charge in [-0.3, -0.25) is 0 Å². The summed E-state index contributed by atoms with van der Waals surface area (Å²) in [7, 11) is 1.47. The number of halogens is 5. The second-order valence-corrected chi connectivity index (χ2v) is 4.78. The van der Waals surface area contributed by atoms with Crippen LogP contribution in [0.2, 0.25) is 0 Å². The first-order chi connectivity index (χ1) is 9.86. The minimum Gasteiger partial charge on any atom is -0.385 e. The van der Waals surface area contributed by atoms with Crippen molar-refractivity contribution in [3.63, 3.8) is 0 Å². The van der Waals surface area contributed by atoms with Crippen LogP contribution in [0, 0.1) is 35.0 Å². The lowest BCUT2D eigenvalue weighted by Crippen LogP contribution is -2.30. The second kappa shape index (κ2) is 7.70. The summed E-state index contributed by atoms with van der Waals surface area (Å²) >= 11 is 0. The van der Waals surface area contributed by atoms with Crippen molar-refractivity contribution in [1.82, 2.24) is 5.32 Å². The van der Waals surface area contributed by atoms with Crippen LogP contribution in [-0.4, -0.2) is 20.3 Å². The van der Waals surface area contributed by atoms with Crippen LogP contribution in [0.1, 0.15) is 31.9 Å². The van der Waals surface area contributed by atoms with Gasteiger partial charge in [0.25, 0.3) is 0 Å². The van der Waals surface area contributed by atoms with E-state index in [9.17, 15) is 22.0 Å². The lowest BCUT2D eigenvalue weighted by Gasteiger charge is -2.26. The number of benzene rings is 1. The van der Waals surface area contributed by atoms with Gasteiger partial charge in [0.1, 0.15) is 0 Å². The van der Waals surface area contributed by atoms with E-state index in [4.69, 9.17) is 4.74 Å². The summed E-state index contributed by atoms with van der Waals surface area (Å²) in [5.41, 5.74) is -0.822. The Bertz CT molecular complexity index is 466. The molecule has 0 aliphatic heterocycles. The Morgan fingerprint density at radius 1 is 0.952 bits per heavy atom. The number of hydrogen-bond donors (Lipinski definition) is 1. The topological polar surface area (TPSA) is 21.3 Å². The van der Waals surface area contributed by atoms with Crippen LogP contribution in [0.4, 0.5) is 22.0 Å². The molecule has 0 aliphatic rings. The molecular formula is C14H18F5NO. The summed E-state index contributed by atoms with van der Waals surface area (Å²) in [6.07, 6.45) is 0.410. The Labute approximate surface area is 120 Å². The van der Waals surface area contributed by atoms with Gasteiger partial charge in [-0.25, -0.2) is 22.0 Å². The van der Waals surface area contributed by atoms with E-state index < -0.39 is 40.7 Å². The summed E-state index contributed by atoms with van der Waals surface area (Å²) in [6.45, 7) is 3.98. The molecule has 1 aromatic carbocycles. The fraction of sp³-hybridized carbons (Fsp3) is 0.571. The Morgan fingerprint density at radius 2 is 1.43 bits per heavy atom. The van der Waals surface area contributed by atoms with E-state index >= 15 is 0 Å². The van der Waals surface area contributed by atoms with Crippen molar-refractivity contribution in [2.75, 3.05) is 20.3 Å². The maximum absolute atomic E-state index is 13.9. The number of nitrogens with one attached hydrogen (secondary N) is 1. The lowest BCUT2D eigenvalue weighted by molar-refractivity contribution is 0.168. The molecule has 2 nitrogen and oxygen atoms in total. The van der Waals surface area contributed by atoms with Gasteiger partial charge in [-0.15, -0.1) is 0 Å². The first-order valence-electron chi connectivity index (χ1n) is 6.60. The van der Waals surface area contributed by atoms with Gasteiger partial charge in [0.05, 0.1) is 0 Å². The van der Waals surface area contributed by atoms with Gasteiger partial charge in [-0.05, 0) is 18.9 Å². The lowest BCUT2D eigenvalue weighted by atomic mass is 9.91. The molecule has 0 aliphatic carbocycles.